The van der Waals surface area contributed by atoms with Crippen molar-refractivity contribution < 1.29 is 14.3 Å². The van der Waals surface area contributed by atoms with Crippen molar-refractivity contribution in [2.24, 2.45) is 0 Å². The molecule has 0 amide bonds. The van der Waals surface area contributed by atoms with Crippen LogP contribution >= 0.6 is 0 Å². The van der Waals surface area contributed by atoms with Gasteiger partial charge in [0.2, 0.25) is 0 Å². The minimum absolute atomic E-state index is 0.282. The van der Waals surface area contributed by atoms with E-state index in [4.69, 9.17) is 14.7 Å². The van der Waals surface area contributed by atoms with Crippen LogP contribution in [0, 0.1) is 11.3 Å². The van der Waals surface area contributed by atoms with Gasteiger partial charge < -0.3 is 9.47 Å². The molecule has 8 nitrogen and oxygen atoms in total. The van der Waals surface area contributed by atoms with Crippen molar-refractivity contribution in [3.8, 4) is 11.8 Å². The van der Waals surface area contributed by atoms with E-state index < -0.39 is 18.1 Å². The predicted molar refractivity (Wildman–Crippen MR) is 86.5 cm³/mol. The van der Waals surface area contributed by atoms with Gasteiger partial charge >= 0.3 is 5.97 Å². The lowest BCUT2D eigenvalue weighted by Crippen LogP contribution is -2.27. The van der Waals surface area contributed by atoms with Gasteiger partial charge in [0, 0.05) is 0 Å². The smallest absolute Gasteiger partial charge is 0.345 e. The average molecular weight is 336 g/mol. The maximum Gasteiger partial charge on any atom is 0.345 e. The molecule has 0 saturated heterocycles. The lowest BCUT2D eigenvalue weighted by Gasteiger charge is -2.08. The molecule has 124 valence electrons. The van der Waals surface area contributed by atoms with Crippen molar-refractivity contribution in [1.29, 1.82) is 5.26 Å². The molecule has 2 aromatic carbocycles. The van der Waals surface area contributed by atoms with Gasteiger partial charge in [0.05, 0.1) is 10.9 Å². The van der Waals surface area contributed by atoms with Crippen LogP contribution in [-0.4, -0.2) is 27.6 Å². The first-order valence-electron chi connectivity index (χ1n) is 7.29. The fourth-order valence-electron chi connectivity index (χ4n) is 2.10. The highest BCUT2D eigenvalue weighted by molar-refractivity contribution is 5.76. The SMILES string of the molecule is N#Cc1ccccc1OCC(=O)OCn1nnc2ccccc2c1=O. The number of carbonyl (C=O) groups is 1. The van der Waals surface area contributed by atoms with E-state index >= 15 is 0 Å². The molecule has 0 atom stereocenters. The zero-order chi connectivity index (χ0) is 17.6. The Labute approximate surface area is 141 Å². The van der Waals surface area contributed by atoms with Gasteiger partial charge in [-0.05, 0) is 24.3 Å². The molecule has 25 heavy (non-hydrogen) atoms. The number of esters is 1. The second-order valence-corrected chi connectivity index (χ2v) is 4.95. The summed E-state index contributed by atoms with van der Waals surface area (Å²) in [6.45, 7) is -0.771. The topological polar surface area (TPSA) is 107 Å². The predicted octanol–water partition coefficient (Wildman–Crippen LogP) is 1.24. The fraction of sp³-hybridized carbons (Fsp3) is 0.118. The van der Waals surface area contributed by atoms with E-state index in [9.17, 15) is 9.59 Å². The summed E-state index contributed by atoms with van der Waals surface area (Å²) >= 11 is 0. The van der Waals surface area contributed by atoms with Gasteiger partial charge in [0.15, 0.2) is 13.3 Å². The van der Waals surface area contributed by atoms with Crippen LogP contribution in [0.1, 0.15) is 5.56 Å². The monoisotopic (exact) mass is 336 g/mol. The lowest BCUT2D eigenvalue weighted by molar-refractivity contribution is -0.150. The van der Waals surface area contributed by atoms with E-state index in [1.165, 1.54) is 0 Å². The number of rotatable bonds is 5. The van der Waals surface area contributed by atoms with Gasteiger partial charge in [0.25, 0.3) is 5.56 Å². The molecule has 0 radical (unpaired) electrons. The molecule has 0 aliphatic carbocycles. The van der Waals surface area contributed by atoms with E-state index in [1.807, 2.05) is 6.07 Å². The Hall–Kier alpha value is -3.73. The number of nitriles is 1. The molecule has 0 bridgehead atoms. The van der Waals surface area contributed by atoms with Crippen LogP contribution in [0.2, 0.25) is 0 Å². The molecule has 0 N–H and O–H groups in total. The highest BCUT2D eigenvalue weighted by Gasteiger charge is 2.10. The molecule has 1 aromatic heterocycles. The maximum absolute atomic E-state index is 12.2. The standard InChI is InChI=1S/C17H12N4O4/c18-9-12-5-1-4-8-15(12)24-10-16(22)25-11-21-17(23)13-6-2-3-7-14(13)19-20-21/h1-8H,10-11H2. The van der Waals surface area contributed by atoms with Crippen LogP contribution in [0.25, 0.3) is 10.9 Å². The van der Waals surface area contributed by atoms with Gasteiger partial charge in [-0.2, -0.15) is 9.94 Å². The number of para-hydroxylation sites is 1. The summed E-state index contributed by atoms with van der Waals surface area (Å²) in [5.41, 5.74) is 0.368. The number of ether oxygens (including phenoxy) is 2. The van der Waals surface area contributed by atoms with Crippen molar-refractivity contribution in [2.75, 3.05) is 6.61 Å². The number of carbonyl (C=O) groups excluding carboxylic acids is 1. The van der Waals surface area contributed by atoms with Crippen LogP contribution < -0.4 is 10.3 Å². The maximum atomic E-state index is 12.2. The van der Waals surface area contributed by atoms with Crippen LogP contribution in [0.5, 0.6) is 5.75 Å². The van der Waals surface area contributed by atoms with Crippen LogP contribution in [-0.2, 0) is 16.3 Å². The number of benzene rings is 2. The molecule has 0 fully saturated rings. The Morgan fingerprint density at radius 1 is 1.16 bits per heavy atom. The minimum atomic E-state index is -0.699. The van der Waals surface area contributed by atoms with E-state index in [2.05, 4.69) is 10.3 Å². The number of hydrogen-bond donors (Lipinski definition) is 0. The Kier molecular flexibility index (Phi) is 4.67. The van der Waals surface area contributed by atoms with E-state index in [0.717, 1.165) is 4.68 Å². The number of hydrogen-bond acceptors (Lipinski definition) is 7. The summed E-state index contributed by atoms with van der Waals surface area (Å²) in [7, 11) is 0. The summed E-state index contributed by atoms with van der Waals surface area (Å²) in [5.74, 6) is -0.417. The van der Waals surface area contributed by atoms with Crippen LogP contribution in [0.15, 0.2) is 53.3 Å². The molecule has 0 aliphatic heterocycles. The third-order valence-corrected chi connectivity index (χ3v) is 3.33. The summed E-state index contributed by atoms with van der Waals surface area (Å²) in [4.78, 5) is 24.0. The van der Waals surface area contributed by atoms with E-state index in [-0.39, 0.29) is 12.5 Å². The largest absolute Gasteiger partial charge is 0.481 e. The number of nitrogens with zero attached hydrogens (tertiary/aromatic N) is 4. The molecule has 3 rings (SSSR count). The summed E-state index contributed by atoms with van der Waals surface area (Å²) in [6, 6.07) is 15.2. The molecule has 3 aromatic rings. The third kappa shape index (κ3) is 3.61. The van der Waals surface area contributed by atoms with Crippen molar-refractivity contribution in [2.45, 2.75) is 6.73 Å². The van der Waals surface area contributed by atoms with Gasteiger partial charge in [-0.25, -0.2) is 4.79 Å². The Morgan fingerprint density at radius 2 is 1.92 bits per heavy atom. The molecular formula is C17H12N4O4. The first-order valence-corrected chi connectivity index (χ1v) is 7.29. The lowest BCUT2D eigenvalue weighted by atomic mass is 10.2. The first-order chi connectivity index (χ1) is 12.2. The van der Waals surface area contributed by atoms with Crippen molar-refractivity contribution in [1.82, 2.24) is 15.0 Å². The second kappa shape index (κ2) is 7.23. The van der Waals surface area contributed by atoms with Crippen molar-refractivity contribution in [3.05, 3.63) is 64.4 Å². The number of aromatic nitrogens is 3. The zero-order valence-electron chi connectivity index (χ0n) is 13.0. The summed E-state index contributed by atoms with van der Waals surface area (Å²) in [6.07, 6.45) is 0. The molecular weight excluding hydrogens is 324 g/mol. The summed E-state index contributed by atoms with van der Waals surface area (Å²) in [5, 5.41) is 16.9. The minimum Gasteiger partial charge on any atom is -0.481 e. The summed E-state index contributed by atoms with van der Waals surface area (Å²) < 4.78 is 11.2. The molecule has 0 saturated carbocycles. The molecule has 8 heteroatoms. The second-order valence-electron chi connectivity index (χ2n) is 4.95. The molecule has 0 aliphatic rings. The van der Waals surface area contributed by atoms with Crippen molar-refractivity contribution in [3.63, 3.8) is 0 Å². The van der Waals surface area contributed by atoms with Gasteiger partial charge in [-0.1, -0.05) is 29.5 Å². The third-order valence-electron chi connectivity index (χ3n) is 3.33. The normalized spacial score (nSPS) is 10.2. The molecule has 0 spiro atoms. The van der Waals surface area contributed by atoms with Gasteiger partial charge in [-0.3, -0.25) is 4.79 Å². The van der Waals surface area contributed by atoms with Crippen LogP contribution in [0.3, 0.4) is 0 Å². The first kappa shape index (κ1) is 16.1. The zero-order valence-corrected chi connectivity index (χ0v) is 13.0. The quantitative estimate of drug-likeness (QED) is 0.645. The molecule has 0 unspecified atom stereocenters. The van der Waals surface area contributed by atoms with Crippen molar-refractivity contribution >= 4 is 16.9 Å². The highest BCUT2D eigenvalue weighted by Crippen LogP contribution is 2.16. The van der Waals surface area contributed by atoms with E-state index in [1.54, 1.807) is 48.5 Å². The average Bonchev–Trinajstić information content (AvgIpc) is 2.66. The van der Waals surface area contributed by atoms with Gasteiger partial charge in [0.1, 0.15) is 17.3 Å². The number of fused-ring (bicyclic) bond motifs is 1. The highest BCUT2D eigenvalue weighted by atomic mass is 16.6. The van der Waals surface area contributed by atoms with E-state index in [0.29, 0.717) is 16.5 Å². The molecule has 1 heterocycles. The van der Waals surface area contributed by atoms with Gasteiger partial charge in [-0.15, -0.1) is 5.10 Å². The van der Waals surface area contributed by atoms with Crippen LogP contribution in [0.4, 0.5) is 0 Å². The Bertz CT molecular complexity index is 1020. The Balaban J connectivity index is 1.62. The fourth-order valence-corrected chi connectivity index (χ4v) is 2.10. The Morgan fingerprint density at radius 3 is 2.76 bits per heavy atom.